The molecular weight excluding hydrogens is 326 g/mol. The number of rotatable bonds is 6. The number of para-hydroxylation sites is 2. The van der Waals surface area contributed by atoms with Gasteiger partial charge >= 0.3 is 0 Å². The molecule has 0 radical (unpaired) electrons. The molecule has 0 bridgehead atoms. The van der Waals surface area contributed by atoms with Gasteiger partial charge in [-0.3, -0.25) is 4.98 Å². The summed E-state index contributed by atoms with van der Waals surface area (Å²) in [5.74, 6) is 0.829. The third-order valence-corrected chi connectivity index (χ3v) is 5.17. The maximum Gasteiger partial charge on any atom is 0.169 e. The Balaban J connectivity index is 1.59. The number of hydrogen-bond acceptors (Lipinski definition) is 3. The topological polar surface area (TPSA) is 30.7 Å². The molecule has 4 heteroatoms. The number of thioether (sulfide) groups is 1. The first-order chi connectivity index (χ1) is 12.4. The lowest BCUT2D eigenvalue weighted by atomic mass is 10.1. The minimum atomic E-state index is 0.829. The zero-order chi connectivity index (χ0) is 16.9. The molecule has 0 unspecified atom stereocenters. The quantitative estimate of drug-likeness (QED) is 0.462. The van der Waals surface area contributed by atoms with Gasteiger partial charge in [-0.05, 0) is 36.2 Å². The van der Waals surface area contributed by atoms with Crippen LogP contribution in [-0.4, -0.2) is 14.5 Å². The molecule has 4 aromatic rings. The molecule has 124 valence electrons. The second-order valence-corrected chi connectivity index (χ2v) is 6.82. The van der Waals surface area contributed by atoms with E-state index >= 15 is 0 Å². The summed E-state index contributed by atoms with van der Waals surface area (Å²) in [7, 11) is 0. The Morgan fingerprint density at radius 1 is 0.840 bits per heavy atom. The number of hydrogen-bond donors (Lipinski definition) is 0. The fraction of sp³-hybridized carbons (Fsp3) is 0.143. The fourth-order valence-corrected chi connectivity index (χ4v) is 3.84. The number of imidazole rings is 1. The summed E-state index contributed by atoms with van der Waals surface area (Å²) in [6, 6.07) is 25.0. The number of benzene rings is 2. The zero-order valence-electron chi connectivity index (χ0n) is 13.9. The van der Waals surface area contributed by atoms with Gasteiger partial charge in [-0.2, -0.15) is 0 Å². The molecule has 4 rings (SSSR count). The molecule has 0 spiro atoms. The van der Waals surface area contributed by atoms with Crippen LogP contribution < -0.4 is 0 Å². The molecule has 0 saturated carbocycles. The van der Waals surface area contributed by atoms with Crippen molar-refractivity contribution in [3.63, 3.8) is 0 Å². The van der Waals surface area contributed by atoms with Gasteiger partial charge in [0.15, 0.2) is 5.16 Å². The van der Waals surface area contributed by atoms with Crippen LogP contribution in [0.15, 0.2) is 84.1 Å². The van der Waals surface area contributed by atoms with Crippen LogP contribution >= 0.6 is 11.8 Å². The van der Waals surface area contributed by atoms with Crippen LogP contribution in [-0.2, 0) is 18.7 Å². The molecule has 2 heterocycles. The fourth-order valence-electron chi connectivity index (χ4n) is 2.89. The van der Waals surface area contributed by atoms with Gasteiger partial charge in [-0.15, -0.1) is 0 Å². The van der Waals surface area contributed by atoms with Crippen LogP contribution in [0.1, 0.15) is 11.3 Å². The first-order valence-electron chi connectivity index (χ1n) is 8.42. The molecule has 0 aliphatic heterocycles. The van der Waals surface area contributed by atoms with Crippen molar-refractivity contribution < 1.29 is 0 Å². The van der Waals surface area contributed by atoms with E-state index in [1.54, 1.807) is 11.8 Å². The number of aryl methyl sites for hydroxylation is 2. The smallest absolute Gasteiger partial charge is 0.169 e. The van der Waals surface area contributed by atoms with Gasteiger partial charge in [0.25, 0.3) is 0 Å². The van der Waals surface area contributed by atoms with E-state index in [0.29, 0.717) is 0 Å². The van der Waals surface area contributed by atoms with E-state index < -0.39 is 0 Å². The molecule has 0 aliphatic rings. The Kier molecular flexibility index (Phi) is 4.79. The third kappa shape index (κ3) is 3.74. The first-order valence-corrected chi connectivity index (χ1v) is 9.40. The normalized spacial score (nSPS) is 11.0. The van der Waals surface area contributed by atoms with Gasteiger partial charge in [0.2, 0.25) is 0 Å². The van der Waals surface area contributed by atoms with Gasteiger partial charge in [-0.1, -0.05) is 60.3 Å². The summed E-state index contributed by atoms with van der Waals surface area (Å²) >= 11 is 1.75. The molecule has 0 saturated heterocycles. The first kappa shape index (κ1) is 15.9. The van der Waals surface area contributed by atoms with Gasteiger partial charge in [0.1, 0.15) is 0 Å². The van der Waals surface area contributed by atoms with Crippen molar-refractivity contribution in [2.75, 3.05) is 0 Å². The monoisotopic (exact) mass is 345 g/mol. The summed E-state index contributed by atoms with van der Waals surface area (Å²) in [6.07, 6.45) is 2.84. The predicted octanol–water partition coefficient (Wildman–Crippen LogP) is 4.97. The van der Waals surface area contributed by atoms with Crippen LogP contribution in [0.5, 0.6) is 0 Å². The van der Waals surface area contributed by atoms with Crippen LogP contribution in [0.3, 0.4) is 0 Å². The minimum Gasteiger partial charge on any atom is -0.319 e. The van der Waals surface area contributed by atoms with Crippen LogP contribution in [0, 0.1) is 0 Å². The Hall–Kier alpha value is -2.59. The van der Waals surface area contributed by atoms with Gasteiger partial charge in [-0.25, -0.2) is 4.98 Å². The summed E-state index contributed by atoms with van der Waals surface area (Å²) in [5.41, 5.74) is 4.68. The van der Waals surface area contributed by atoms with Crippen LogP contribution in [0.25, 0.3) is 11.0 Å². The van der Waals surface area contributed by atoms with E-state index in [0.717, 1.165) is 35.1 Å². The lowest BCUT2D eigenvalue weighted by molar-refractivity contribution is 0.652. The van der Waals surface area contributed by atoms with Gasteiger partial charge < -0.3 is 4.57 Å². The molecule has 0 aliphatic carbocycles. The van der Waals surface area contributed by atoms with Crippen LogP contribution in [0.2, 0.25) is 0 Å². The van der Waals surface area contributed by atoms with Gasteiger partial charge in [0.05, 0.1) is 16.7 Å². The van der Waals surface area contributed by atoms with E-state index in [-0.39, 0.29) is 0 Å². The maximum atomic E-state index is 4.84. The summed E-state index contributed by atoms with van der Waals surface area (Å²) < 4.78 is 2.33. The lowest BCUT2D eigenvalue weighted by Gasteiger charge is -2.09. The number of aromatic nitrogens is 3. The second kappa shape index (κ2) is 7.53. The maximum absolute atomic E-state index is 4.84. The van der Waals surface area contributed by atoms with E-state index in [1.165, 1.54) is 11.1 Å². The molecule has 0 amide bonds. The number of nitrogens with zero attached hydrogens (tertiary/aromatic N) is 3. The molecule has 2 aromatic heterocycles. The Morgan fingerprint density at radius 2 is 1.64 bits per heavy atom. The SMILES string of the molecule is c1ccc(CCn2c(SCc3ccccn3)nc3ccccc32)cc1. The average molecular weight is 345 g/mol. The highest BCUT2D eigenvalue weighted by Crippen LogP contribution is 2.26. The predicted molar refractivity (Wildman–Crippen MR) is 104 cm³/mol. The Bertz CT molecular complexity index is 949. The van der Waals surface area contributed by atoms with Crippen LogP contribution in [0.4, 0.5) is 0 Å². The van der Waals surface area contributed by atoms with E-state index in [4.69, 9.17) is 4.98 Å². The highest BCUT2D eigenvalue weighted by molar-refractivity contribution is 7.98. The second-order valence-electron chi connectivity index (χ2n) is 5.88. The highest BCUT2D eigenvalue weighted by atomic mass is 32.2. The molecule has 3 nitrogen and oxygen atoms in total. The Labute approximate surface area is 151 Å². The van der Waals surface area contributed by atoms with E-state index in [9.17, 15) is 0 Å². The highest BCUT2D eigenvalue weighted by Gasteiger charge is 2.11. The number of pyridine rings is 1. The molecule has 0 N–H and O–H groups in total. The summed E-state index contributed by atoms with van der Waals surface area (Å²) in [4.78, 5) is 9.25. The largest absolute Gasteiger partial charge is 0.319 e. The lowest BCUT2D eigenvalue weighted by Crippen LogP contribution is -2.03. The van der Waals surface area contributed by atoms with Crippen molar-refractivity contribution in [1.29, 1.82) is 0 Å². The molecule has 25 heavy (non-hydrogen) atoms. The van der Waals surface area contributed by atoms with Crippen molar-refractivity contribution in [3.05, 3.63) is 90.3 Å². The van der Waals surface area contributed by atoms with Crippen molar-refractivity contribution in [2.45, 2.75) is 23.9 Å². The molecule has 0 atom stereocenters. The molecule has 2 aromatic carbocycles. The van der Waals surface area contributed by atoms with Crippen molar-refractivity contribution >= 4 is 22.8 Å². The van der Waals surface area contributed by atoms with Crippen molar-refractivity contribution in [2.24, 2.45) is 0 Å². The average Bonchev–Trinajstić information content (AvgIpc) is 3.04. The molecule has 0 fully saturated rings. The zero-order valence-corrected chi connectivity index (χ0v) is 14.7. The third-order valence-electron chi connectivity index (χ3n) is 4.16. The Morgan fingerprint density at radius 3 is 2.48 bits per heavy atom. The molecular formula is C21H19N3S. The standard InChI is InChI=1S/C21H19N3S/c1-2-8-17(9-3-1)13-15-24-20-12-5-4-11-19(20)23-21(24)25-16-18-10-6-7-14-22-18/h1-12,14H,13,15-16H2. The number of fused-ring (bicyclic) bond motifs is 1. The summed E-state index contributed by atoms with van der Waals surface area (Å²) in [6.45, 7) is 0.926. The van der Waals surface area contributed by atoms with E-state index in [2.05, 4.69) is 64.1 Å². The van der Waals surface area contributed by atoms with Crippen molar-refractivity contribution in [1.82, 2.24) is 14.5 Å². The van der Waals surface area contributed by atoms with Crippen molar-refractivity contribution in [3.8, 4) is 0 Å². The minimum absolute atomic E-state index is 0.829. The van der Waals surface area contributed by atoms with Gasteiger partial charge in [0, 0.05) is 18.5 Å². The summed E-state index contributed by atoms with van der Waals surface area (Å²) in [5, 5.41) is 1.06. The van der Waals surface area contributed by atoms with E-state index in [1.807, 2.05) is 24.4 Å².